The quantitative estimate of drug-likeness (QED) is 0.361. The van der Waals surface area contributed by atoms with Crippen molar-refractivity contribution in [3.63, 3.8) is 0 Å². The van der Waals surface area contributed by atoms with Crippen LogP contribution < -0.4 is 5.56 Å². The third-order valence-corrected chi connectivity index (χ3v) is 4.98. The fourth-order valence-corrected chi connectivity index (χ4v) is 3.18. The molecule has 166 valence electrons. The highest BCUT2D eigenvalue weighted by Crippen LogP contribution is 2.28. The van der Waals surface area contributed by atoms with Gasteiger partial charge >= 0.3 is 0 Å². The van der Waals surface area contributed by atoms with Crippen LogP contribution in [0.4, 0.5) is 22.7 Å². The standard InChI is InChI=1S/C25H19N7O2/c1-17-22(14-26)24(33)32(16-18-6-5-13-27-15-18)25(34)23(17)31-30-21-11-9-20(10-12-21)29-28-19-7-3-2-4-8-19/h2-13,15,33H,16H2,1H3. The molecule has 9 nitrogen and oxygen atoms in total. The first-order chi connectivity index (χ1) is 16.6. The lowest BCUT2D eigenvalue weighted by atomic mass is 10.1. The van der Waals surface area contributed by atoms with Gasteiger partial charge in [0.1, 0.15) is 11.6 Å². The summed E-state index contributed by atoms with van der Waals surface area (Å²) in [6.45, 7) is 1.59. The van der Waals surface area contributed by atoms with Gasteiger partial charge in [0.05, 0.1) is 23.6 Å². The van der Waals surface area contributed by atoms with Crippen LogP contribution in [-0.2, 0) is 6.54 Å². The summed E-state index contributed by atoms with van der Waals surface area (Å²) < 4.78 is 1.09. The summed E-state index contributed by atoms with van der Waals surface area (Å²) in [5.41, 5.74) is 2.19. The second kappa shape index (κ2) is 10.1. The summed E-state index contributed by atoms with van der Waals surface area (Å²) in [6.07, 6.45) is 3.19. The second-order valence-corrected chi connectivity index (χ2v) is 7.29. The number of pyridine rings is 2. The van der Waals surface area contributed by atoms with Gasteiger partial charge in [0, 0.05) is 18.0 Å². The summed E-state index contributed by atoms with van der Waals surface area (Å²) in [6, 6.07) is 21.6. The van der Waals surface area contributed by atoms with E-state index < -0.39 is 11.4 Å². The molecule has 2 aromatic heterocycles. The van der Waals surface area contributed by atoms with E-state index in [4.69, 9.17) is 0 Å². The van der Waals surface area contributed by atoms with Crippen molar-refractivity contribution in [3.8, 4) is 11.9 Å². The number of azo groups is 2. The molecule has 2 heterocycles. The molecule has 0 fully saturated rings. The highest BCUT2D eigenvalue weighted by molar-refractivity contribution is 5.57. The minimum Gasteiger partial charge on any atom is -0.493 e. The zero-order valence-electron chi connectivity index (χ0n) is 18.2. The first-order valence-corrected chi connectivity index (χ1v) is 10.3. The Balaban J connectivity index is 1.62. The maximum Gasteiger partial charge on any atom is 0.281 e. The fraction of sp³-hybridized carbons (Fsp3) is 0.0800. The first-order valence-electron chi connectivity index (χ1n) is 10.3. The van der Waals surface area contributed by atoms with E-state index in [-0.39, 0.29) is 23.4 Å². The minimum absolute atomic E-state index is 0.0221. The topological polar surface area (TPSA) is 128 Å². The molecule has 9 heteroatoms. The molecule has 0 aliphatic carbocycles. The van der Waals surface area contributed by atoms with Gasteiger partial charge in [-0.05, 0) is 55.0 Å². The van der Waals surface area contributed by atoms with Crippen LogP contribution in [0.25, 0.3) is 0 Å². The molecule has 0 unspecified atom stereocenters. The molecule has 0 saturated heterocycles. The van der Waals surface area contributed by atoms with Crippen LogP contribution in [0.2, 0.25) is 0 Å². The van der Waals surface area contributed by atoms with Crippen LogP contribution in [0.15, 0.2) is 104 Å². The number of benzene rings is 2. The fourth-order valence-electron chi connectivity index (χ4n) is 3.18. The number of rotatable bonds is 6. The summed E-state index contributed by atoms with van der Waals surface area (Å²) in [7, 11) is 0. The van der Waals surface area contributed by atoms with E-state index in [2.05, 4.69) is 25.4 Å². The van der Waals surface area contributed by atoms with E-state index in [1.807, 2.05) is 36.4 Å². The van der Waals surface area contributed by atoms with E-state index in [0.29, 0.717) is 16.9 Å². The first kappa shape index (κ1) is 22.2. The molecule has 0 atom stereocenters. The maximum atomic E-state index is 13.1. The van der Waals surface area contributed by atoms with Crippen molar-refractivity contribution < 1.29 is 5.11 Å². The Labute approximate surface area is 195 Å². The number of nitriles is 1. The highest BCUT2D eigenvalue weighted by atomic mass is 16.3. The van der Waals surface area contributed by atoms with Gasteiger partial charge in [0.25, 0.3) is 5.56 Å². The Morgan fingerprint density at radius 3 is 2.12 bits per heavy atom. The zero-order valence-corrected chi connectivity index (χ0v) is 18.2. The number of hydrogen-bond donors (Lipinski definition) is 1. The van der Waals surface area contributed by atoms with Crippen molar-refractivity contribution in [1.29, 1.82) is 5.26 Å². The van der Waals surface area contributed by atoms with Crippen molar-refractivity contribution in [2.75, 3.05) is 0 Å². The maximum absolute atomic E-state index is 13.1. The average molecular weight is 449 g/mol. The molecule has 4 rings (SSSR count). The Kier molecular flexibility index (Phi) is 6.60. The van der Waals surface area contributed by atoms with E-state index in [1.54, 1.807) is 55.7 Å². The van der Waals surface area contributed by atoms with Crippen LogP contribution in [0.5, 0.6) is 5.88 Å². The SMILES string of the molecule is Cc1c(C#N)c(O)n(Cc2cccnc2)c(=O)c1N=Nc1ccc(N=Nc2ccccc2)cc1. The van der Waals surface area contributed by atoms with Crippen LogP contribution in [0, 0.1) is 18.3 Å². The van der Waals surface area contributed by atoms with Crippen molar-refractivity contribution >= 4 is 22.7 Å². The molecular weight excluding hydrogens is 430 g/mol. The summed E-state index contributed by atoms with van der Waals surface area (Å²) in [5, 5.41) is 36.6. The molecule has 4 aromatic rings. The van der Waals surface area contributed by atoms with Gasteiger partial charge < -0.3 is 5.11 Å². The Morgan fingerprint density at radius 1 is 0.912 bits per heavy atom. The van der Waals surface area contributed by atoms with Gasteiger partial charge in [-0.15, -0.1) is 5.11 Å². The number of aromatic nitrogens is 2. The third kappa shape index (κ3) is 4.92. The lowest BCUT2D eigenvalue weighted by Gasteiger charge is -2.12. The molecule has 0 spiro atoms. The molecule has 0 amide bonds. The molecule has 0 aliphatic heterocycles. The van der Waals surface area contributed by atoms with Crippen molar-refractivity contribution in [2.45, 2.75) is 13.5 Å². The largest absolute Gasteiger partial charge is 0.493 e. The van der Waals surface area contributed by atoms with Crippen molar-refractivity contribution in [3.05, 3.63) is 106 Å². The average Bonchev–Trinajstić information content (AvgIpc) is 2.87. The molecule has 2 aromatic carbocycles. The van der Waals surface area contributed by atoms with Gasteiger partial charge in [-0.25, -0.2) is 0 Å². The third-order valence-electron chi connectivity index (χ3n) is 4.98. The lowest BCUT2D eigenvalue weighted by molar-refractivity contribution is 0.412. The van der Waals surface area contributed by atoms with E-state index in [9.17, 15) is 15.2 Å². The highest BCUT2D eigenvalue weighted by Gasteiger charge is 2.19. The van der Waals surface area contributed by atoms with Gasteiger partial charge in [-0.2, -0.15) is 20.6 Å². The monoisotopic (exact) mass is 449 g/mol. The lowest BCUT2D eigenvalue weighted by Crippen LogP contribution is -2.22. The second-order valence-electron chi connectivity index (χ2n) is 7.29. The van der Waals surface area contributed by atoms with Gasteiger partial charge in [-0.3, -0.25) is 14.3 Å². The Morgan fingerprint density at radius 2 is 1.53 bits per heavy atom. The number of hydrogen-bond acceptors (Lipinski definition) is 8. The van der Waals surface area contributed by atoms with Crippen LogP contribution >= 0.6 is 0 Å². The van der Waals surface area contributed by atoms with E-state index >= 15 is 0 Å². The van der Waals surface area contributed by atoms with Crippen LogP contribution in [0.1, 0.15) is 16.7 Å². The van der Waals surface area contributed by atoms with E-state index in [0.717, 1.165) is 10.3 Å². The van der Waals surface area contributed by atoms with Crippen molar-refractivity contribution in [1.82, 2.24) is 9.55 Å². The smallest absolute Gasteiger partial charge is 0.281 e. The normalized spacial score (nSPS) is 11.2. The number of nitrogens with zero attached hydrogens (tertiary/aromatic N) is 7. The predicted molar refractivity (Wildman–Crippen MR) is 126 cm³/mol. The van der Waals surface area contributed by atoms with Gasteiger partial charge in [0.15, 0.2) is 5.69 Å². The molecule has 0 radical (unpaired) electrons. The molecule has 0 aliphatic rings. The summed E-state index contributed by atoms with van der Waals surface area (Å²) in [5.74, 6) is -0.416. The van der Waals surface area contributed by atoms with Crippen molar-refractivity contribution in [2.24, 2.45) is 20.5 Å². The van der Waals surface area contributed by atoms with Crippen LogP contribution in [-0.4, -0.2) is 14.7 Å². The van der Waals surface area contributed by atoms with Gasteiger partial charge in [-0.1, -0.05) is 24.3 Å². The molecule has 0 bridgehead atoms. The molecule has 1 N–H and O–H groups in total. The van der Waals surface area contributed by atoms with Gasteiger partial charge in [0.2, 0.25) is 5.88 Å². The molecule has 0 saturated carbocycles. The zero-order chi connectivity index (χ0) is 23.9. The summed E-state index contributed by atoms with van der Waals surface area (Å²) in [4.78, 5) is 17.1. The molecular formula is C25H19N7O2. The Bertz CT molecular complexity index is 1450. The van der Waals surface area contributed by atoms with Crippen LogP contribution in [0.3, 0.4) is 0 Å². The summed E-state index contributed by atoms with van der Waals surface area (Å²) >= 11 is 0. The Hall–Kier alpha value is -4.97. The molecule has 34 heavy (non-hydrogen) atoms. The predicted octanol–water partition coefficient (Wildman–Crippen LogP) is 6.01. The number of aromatic hydroxyl groups is 1. The minimum atomic E-state index is -0.560. The van der Waals surface area contributed by atoms with E-state index in [1.165, 1.54) is 0 Å².